The van der Waals surface area contributed by atoms with Gasteiger partial charge in [-0.25, -0.2) is 4.63 Å². The second-order valence-corrected chi connectivity index (χ2v) is 5.73. The van der Waals surface area contributed by atoms with Crippen LogP contribution in [0.1, 0.15) is 18.4 Å². The van der Waals surface area contributed by atoms with Crippen LogP contribution in [0.15, 0.2) is 22.8 Å². The van der Waals surface area contributed by atoms with Crippen molar-refractivity contribution in [2.24, 2.45) is 0 Å². The van der Waals surface area contributed by atoms with E-state index in [-0.39, 0.29) is 6.92 Å². The van der Waals surface area contributed by atoms with Crippen molar-refractivity contribution in [3.63, 3.8) is 0 Å². The Labute approximate surface area is 123 Å². The van der Waals surface area contributed by atoms with Gasteiger partial charge in [0.15, 0.2) is 0 Å². The normalized spacial score (nSPS) is 16.6. The van der Waals surface area contributed by atoms with Crippen LogP contribution < -0.4 is 0 Å². The molecular weight excluding hydrogens is 273 g/mol. The molecule has 2 heterocycles. The summed E-state index contributed by atoms with van der Waals surface area (Å²) in [4.78, 5) is 2.94. The molecule has 0 unspecified atom stereocenters. The Balaban J connectivity index is 1.77. The zero-order valence-corrected chi connectivity index (χ0v) is 12.1. The summed E-state index contributed by atoms with van der Waals surface area (Å²) in [6.45, 7) is -0.147. The van der Waals surface area contributed by atoms with Gasteiger partial charge in [0.2, 0.25) is 0 Å². The Morgan fingerprint density at radius 1 is 1.35 bits per heavy atom. The first-order valence-electron chi connectivity index (χ1n) is 6.82. The predicted octanol–water partition coefficient (Wildman–Crippen LogP) is 1.98. The van der Waals surface area contributed by atoms with Crippen LogP contribution in [0.5, 0.6) is 0 Å². The molecule has 2 aromatic rings. The molecule has 1 saturated heterocycles. The third kappa shape index (κ3) is 2.55. The molecule has 1 aliphatic heterocycles. The maximum absolute atomic E-state index is 9.58. The van der Waals surface area contributed by atoms with E-state index in [9.17, 15) is 5.02 Å². The van der Waals surface area contributed by atoms with Gasteiger partial charge in [0, 0.05) is 18.7 Å². The fourth-order valence-electron chi connectivity index (χ4n) is 2.73. The van der Waals surface area contributed by atoms with E-state index in [4.69, 9.17) is 16.8 Å². The highest BCUT2D eigenvalue weighted by atomic mass is 32.1. The molecule has 1 aromatic carbocycles. The average Bonchev–Trinajstić information content (AvgIpc) is 2.94. The number of aromatic nitrogens is 2. The minimum Gasteiger partial charge on any atom is -0.450 e. The largest absolute Gasteiger partial charge is 0.450 e. The number of hydrogen-bond donors (Lipinski definition) is 1. The van der Waals surface area contributed by atoms with Crippen molar-refractivity contribution in [3.8, 4) is 0 Å². The number of nitrogens with zero attached hydrogens (tertiary/aromatic N) is 3. The van der Waals surface area contributed by atoms with Gasteiger partial charge in [-0.2, -0.15) is 0 Å². The van der Waals surface area contributed by atoms with Crippen molar-refractivity contribution < 1.29 is 9.65 Å². The Hall–Kier alpha value is -1.47. The third-order valence-corrected chi connectivity index (χ3v) is 4.56. The number of rotatable bonds is 2. The van der Waals surface area contributed by atoms with Crippen LogP contribution in [0.25, 0.3) is 11.0 Å². The molecule has 0 atom stereocenters. The Bertz CT molecular complexity index is 625. The molecule has 0 aliphatic carbocycles. The molecule has 0 bridgehead atoms. The SMILES string of the molecule is CN(C(=S)c1ccc2nonc2c1)C1CCB(O)CC1. The van der Waals surface area contributed by atoms with Gasteiger partial charge < -0.3 is 9.92 Å². The number of hydrogen-bond acceptors (Lipinski definition) is 5. The van der Waals surface area contributed by atoms with Gasteiger partial charge in [0.05, 0.1) is 0 Å². The highest BCUT2D eigenvalue weighted by molar-refractivity contribution is 7.80. The summed E-state index contributed by atoms with van der Waals surface area (Å²) < 4.78 is 4.70. The Kier molecular flexibility index (Phi) is 3.71. The average molecular weight is 289 g/mol. The first-order valence-corrected chi connectivity index (χ1v) is 7.23. The minimum absolute atomic E-state index is 0.147. The van der Waals surface area contributed by atoms with Crippen molar-refractivity contribution in [3.05, 3.63) is 23.8 Å². The van der Waals surface area contributed by atoms with Crippen molar-refractivity contribution >= 4 is 35.2 Å². The van der Waals surface area contributed by atoms with E-state index >= 15 is 0 Å². The maximum atomic E-state index is 9.58. The molecule has 3 rings (SSSR count). The van der Waals surface area contributed by atoms with Gasteiger partial charge in [-0.15, -0.1) is 0 Å². The Morgan fingerprint density at radius 2 is 2.05 bits per heavy atom. The quantitative estimate of drug-likeness (QED) is 0.673. The van der Waals surface area contributed by atoms with Crippen molar-refractivity contribution in [1.82, 2.24) is 15.2 Å². The van der Waals surface area contributed by atoms with Gasteiger partial charge >= 0.3 is 0 Å². The van der Waals surface area contributed by atoms with Crippen LogP contribution >= 0.6 is 12.2 Å². The van der Waals surface area contributed by atoms with Crippen LogP contribution in [0.4, 0.5) is 0 Å². The van der Waals surface area contributed by atoms with Crippen LogP contribution in [-0.4, -0.2) is 45.2 Å². The van der Waals surface area contributed by atoms with Gasteiger partial charge in [0.1, 0.15) is 16.0 Å². The molecule has 1 N–H and O–H groups in total. The lowest BCUT2D eigenvalue weighted by atomic mass is 9.55. The molecule has 0 amide bonds. The third-order valence-electron chi connectivity index (χ3n) is 4.04. The van der Waals surface area contributed by atoms with Gasteiger partial charge in [-0.05, 0) is 54.0 Å². The fourth-order valence-corrected chi connectivity index (χ4v) is 3.01. The second-order valence-electron chi connectivity index (χ2n) is 5.35. The summed E-state index contributed by atoms with van der Waals surface area (Å²) in [5.41, 5.74) is 2.41. The van der Waals surface area contributed by atoms with E-state index in [0.717, 1.165) is 47.1 Å². The van der Waals surface area contributed by atoms with Crippen LogP contribution in [-0.2, 0) is 0 Å². The van der Waals surface area contributed by atoms with E-state index in [2.05, 4.69) is 15.2 Å². The van der Waals surface area contributed by atoms with Gasteiger partial charge in [-0.3, -0.25) is 0 Å². The monoisotopic (exact) mass is 289 g/mol. The topological polar surface area (TPSA) is 62.4 Å². The lowest BCUT2D eigenvalue weighted by molar-refractivity contribution is 0.315. The molecule has 1 aromatic heterocycles. The van der Waals surface area contributed by atoms with E-state index in [1.165, 1.54) is 0 Å². The zero-order chi connectivity index (χ0) is 14.1. The minimum atomic E-state index is -0.147. The molecule has 0 radical (unpaired) electrons. The molecule has 1 aliphatic rings. The lowest BCUT2D eigenvalue weighted by Gasteiger charge is -2.34. The summed E-state index contributed by atoms with van der Waals surface area (Å²) in [6.07, 6.45) is 3.66. The smallest absolute Gasteiger partial charge is 0.289 e. The molecule has 1 fully saturated rings. The molecule has 7 heteroatoms. The summed E-state index contributed by atoms with van der Waals surface area (Å²) in [6, 6.07) is 6.12. The number of fused-ring (bicyclic) bond motifs is 1. The highest BCUT2D eigenvalue weighted by Gasteiger charge is 2.26. The standard InChI is InChI=1S/C13H16BN3O2S/c1-17(10-4-6-14(18)7-5-10)13(20)9-2-3-11-12(8-9)16-19-15-11/h2-3,8,10,18H,4-7H2,1H3. The second kappa shape index (κ2) is 5.50. The summed E-state index contributed by atoms with van der Waals surface area (Å²) >= 11 is 5.58. The zero-order valence-electron chi connectivity index (χ0n) is 11.3. The van der Waals surface area contributed by atoms with Crippen LogP contribution in [0.3, 0.4) is 0 Å². The number of benzene rings is 1. The van der Waals surface area contributed by atoms with Crippen molar-refractivity contribution in [2.75, 3.05) is 7.05 Å². The molecular formula is C13H16BN3O2S. The van der Waals surface area contributed by atoms with Crippen LogP contribution in [0, 0.1) is 0 Å². The highest BCUT2D eigenvalue weighted by Crippen LogP contribution is 2.24. The Morgan fingerprint density at radius 3 is 2.80 bits per heavy atom. The lowest BCUT2D eigenvalue weighted by Crippen LogP contribution is -2.40. The maximum Gasteiger partial charge on any atom is 0.289 e. The molecule has 104 valence electrons. The first-order chi connectivity index (χ1) is 9.65. The van der Waals surface area contributed by atoms with Crippen LogP contribution in [0.2, 0.25) is 12.6 Å². The van der Waals surface area contributed by atoms with Gasteiger partial charge in [-0.1, -0.05) is 12.2 Å². The molecule has 5 nitrogen and oxygen atoms in total. The van der Waals surface area contributed by atoms with E-state index in [1.807, 2.05) is 25.2 Å². The number of thiocarbonyl (C=S) groups is 1. The van der Waals surface area contributed by atoms with E-state index in [0.29, 0.717) is 6.04 Å². The summed E-state index contributed by atoms with van der Waals surface area (Å²) in [7, 11) is 2.02. The predicted molar refractivity (Wildman–Crippen MR) is 81.9 cm³/mol. The van der Waals surface area contributed by atoms with Crippen molar-refractivity contribution in [2.45, 2.75) is 31.5 Å². The molecule has 0 saturated carbocycles. The first kappa shape index (κ1) is 13.5. The van der Waals surface area contributed by atoms with E-state index in [1.54, 1.807) is 0 Å². The molecule has 20 heavy (non-hydrogen) atoms. The molecule has 0 spiro atoms. The summed E-state index contributed by atoms with van der Waals surface area (Å²) in [5, 5.41) is 17.2. The van der Waals surface area contributed by atoms with E-state index < -0.39 is 0 Å². The fraction of sp³-hybridized carbons (Fsp3) is 0.462. The van der Waals surface area contributed by atoms with Crippen molar-refractivity contribution in [1.29, 1.82) is 0 Å². The summed E-state index contributed by atoms with van der Waals surface area (Å²) in [5.74, 6) is 0. The van der Waals surface area contributed by atoms with Gasteiger partial charge in [0.25, 0.3) is 6.92 Å².